The number of rotatable bonds is 9. The standard InChI is InChI=1S/C26H28FNO6S/c1-17(27)15-28(35(30,31)25-12-7-18(2)34-25)23-13-21-5-4-6-22(21)14-24(23)33-16-19-8-10-20(11-9-19)26(29)32-3/h7-14,17H,4-6,15-16H2,1-3H3. The monoisotopic (exact) mass is 501 g/mol. The van der Waals surface area contributed by atoms with Crippen LogP contribution in [0.15, 0.2) is 58.0 Å². The molecule has 3 aromatic rings. The highest BCUT2D eigenvalue weighted by molar-refractivity contribution is 7.92. The number of carbonyl (C=O) groups is 1. The lowest BCUT2D eigenvalue weighted by molar-refractivity contribution is 0.0600. The van der Waals surface area contributed by atoms with Gasteiger partial charge in [0.15, 0.2) is 0 Å². The van der Waals surface area contributed by atoms with Crippen LogP contribution in [0, 0.1) is 6.92 Å². The van der Waals surface area contributed by atoms with E-state index in [1.807, 2.05) is 6.07 Å². The first-order chi connectivity index (χ1) is 16.7. The van der Waals surface area contributed by atoms with Gasteiger partial charge in [-0.15, -0.1) is 0 Å². The maximum atomic E-state index is 14.3. The highest BCUT2D eigenvalue weighted by Gasteiger charge is 2.32. The van der Waals surface area contributed by atoms with E-state index in [4.69, 9.17) is 13.9 Å². The van der Waals surface area contributed by atoms with Crippen LogP contribution in [0.25, 0.3) is 0 Å². The number of hydrogen-bond acceptors (Lipinski definition) is 6. The Labute approximate surface area is 204 Å². The molecule has 0 saturated carbocycles. The number of carbonyl (C=O) groups excluding carboxylic acids is 1. The molecule has 1 heterocycles. The van der Waals surface area contributed by atoms with E-state index >= 15 is 0 Å². The van der Waals surface area contributed by atoms with Gasteiger partial charge in [0.1, 0.15) is 24.3 Å². The fraction of sp³-hybridized carbons (Fsp3) is 0.346. The van der Waals surface area contributed by atoms with E-state index in [1.54, 1.807) is 43.3 Å². The molecule has 0 spiro atoms. The smallest absolute Gasteiger partial charge is 0.337 e. The summed E-state index contributed by atoms with van der Waals surface area (Å²) in [6.07, 6.45) is 1.21. The zero-order chi connectivity index (χ0) is 25.2. The number of alkyl halides is 1. The van der Waals surface area contributed by atoms with Crippen molar-refractivity contribution in [2.24, 2.45) is 0 Å². The van der Waals surface area contributed by atoms with E-state index in [1.165, 1.54) is 20.1 Å². The molecule has 0 N–H and O–H groups in total. The zero-order valence-electron chi connectivity index (χ0n) is 19.9. The minimum absolute atomic E-state index is 0.131. The summed E-state index contributed by atoms with van der Waals surface area (Å²) in [4.78, 5) is 11.7. The molecule has 4 rings (SSSR count). The van der Waals surface area contributed by atoms with Gasteiger partial charge in [0.25, 0.3) is 10.0 Å². The Morgan fingerprint density at radius 2 is 1.80 bits per heavy atom. The Balaban J connectivity index is 1.70. The molecule has 0 bridgehead atoms. The van der Waals surface area contributed by atoms with Gasteiger partial charge in [-0.25, -0.2) is 9.18 Å². The van der Waals surface area contributed by atoms with Crippen molar-refractivity contribution >= 4 is 21.7 Å². The zero-order valence-corrected chi connectivity index (χ0v) is 20.7. The molecule has 35 heavy (non-hydrogen) atoms. The molecule has 0 radical (unpaired) electrons. The van der Waals surface area contributed by atoms with Crippen LogP contribution in [0.1, 0.15) is 46.2 Å². The van der Waals surface area contributed by atoms with E-state index in [0.29, 0.717) is 17.1 Å². The second kappa shape index (κ2) is 10.1. The number of sulfonamides is 1. The molecular weight excluding hydrogens is 473 g/mol. The van der Waals surface area contributed by atoms with Crippen LogP contribution in [-0.2, 0) is 34.2 Å². The van der Waals surface area contributed by atoms with Crippen molar-refractivity contribution < 1.29 is 31.5 Å². The number of fused-ring (bicyclic) bond motifs is 1. The lowest BCUT2D eigenvalue weighted by atomic mass is 10.1. The predicted molar refractivity (Wildman–Crippen MR) is 129 cm³/mol. The third-order valence-corrected chi connectivity index (χ3v) is 7.54. The summed E-state index contributed by atoms with van der Waals surface area (Å²) in [5.74, 6) is 0.348. The molecule has 1 aliphatic rings. The van der Waals surface area contributed by atoms with Crippen LogP contribution in [0.4, 0.5) is 10.1 Å². The first-order valence-corrected chi connectivity index (χ1v) is 12.8. The fourth-order valence-electron chi connectivity index (χ4n) is 4.13. The van der Waals surface area contributed by atoms with E-state index in [2.05, 4.69) is 0 Å². The average Bonchev–Trinajstić information content (AvgIpc) is 3.49. The summed E-state index contributed by atoms with van der Waals surface area (Å²) in [7, 11) is -2.86. The van der Waals surface area contributed by atoms with Gasteiger partial charge in [-0.3, -0.25) is 4.31 Å². The first-order valence-electron chi connectivity index (χ1n) is 11.4. The predicted octanol–water partition coefficient (Wildman–Crippen LogP) is 5.00. The van der Waals surface area contributed by atoms with Crippen molar-refractivity contribution in [3.05, 3.63) is 76.5 Å². The molecule has 0 saturated heterocycles. The Kier molecular flexibility index (Phi) is 7.16. The van der Waals surface area contributed by atoms with Crippen molar-refractivity contribution in [2.45, 2.75) is 51.0 Å². The molecule has 1 atom stereocenters. The van der Waals surface area contributed by atoms with E-state index in [9.17, 15) is 17.6 Å². The number of hydrogen-bond donors (Lipinski definition) is 0. The molecule has 0 fully saturated rings. The van der Waals surface area contributed by atoms with Gasteiger partial charge >= 0.3 is 5.97 Å². The fourth-order valence-corrected chi connectivity index (χ4v) is 5.63. The Hall–Kier alpha value is -3.33. The van der Waals surface area contributed by atoms with E-state index < -0.39 is 22.2 Å². The van der Waals surface area contributed by atoms with Gasteiger partial charge in [-0.1, -0.05) is 12.1 Å². The quantitative estimate of drug-likeness (QED) is 0.384. The summed E-state index contributed by atoms with van der Waals surface area (Å²) in [5.41, 5.74) is 3.58. The van der Waals surface area contributed by atoms with Crippen LogP contribution in [0.3, 0.4) is 0 Å². The minimum Gasteiger partial charge on any atom is -0.487 e. The molecule has 186 valence electrons. The number of aryl methyl sites for hydroxylation is 3. The van der Waals surface area contributed by atoms with Crippen LogP contribution in [0.5, 0.6) is 5.75 Å². The maximum absolute atomic E-state index is 14.3. The van der Waals surface area contributed by atoms with Gasteiger partial charge in [0.2, 0.25) is 5.09 Å². The number of anilines is 1. The largest absolute Gasteiger partial charge is 0.487 e. The molecule has 1 unspecified atom stereocenters. The molecule has 1 aliphatic carbocycles. The van der Waals surface area contributed by atoms with Gasteiger partial charge in [-0.2, -0.15) is 8.42 Å². The Morgan fingerprint density at radius 1 is 1.11 bits per heavy atom. The van der Waals surface area contributed by atoms with Crippen LogP contribution in [-0.4, -0.2) is 34.2 Å². The third-order valence-electron chi connectivity index (χ3n) is 5.89. The maximum Gasteiger partial charge on any atom is 0.337 e. The van der Waals surface area contributed by atoms with Crippen molar-refractivity contribution in [2.75, 3.05) is 18.0 Å². The first kappa shape index (κ1) is 24.8. The highest BCUT2D eigenvalue weighted by Crippen LogP contribution is 2.39. The molecule has 0 amide bonds. The van der Waals surface area contributed by atoms with Gasteiger partial charge in [0, 0.05) is 0 Å². The van der Waals surface area contributed by atoms with E-state index in [0.717, 1.165) is 40.3 Å². The SMILES string of the molecule is COC(=O)c1ccc(COc2cc3c(cc2N(CC(C)F)S(=O)(=O)c2ccc(C)o2)CCC3)cc1. The molecule has 7 nitrogen and oxygen atoms in total. The summed E-state index contributed by atoms with van der Waals surface area (Å²) >= 11 is 0. The normalized spacial score (nSPS) is 13.8. The topological polar surface area (TPSA) is 86.0 Å². The number of benzene rings is 2. The third kappa shape index (κ3) is 5.35. The van der Waals surface area contributed by atoms with E-state index in [-0.39, 0.29) is 23.9 Å². The second-order valence-corrected chi connectivity index (χ2v) is 10.4. The number of ether oxygens (including phenoxy) is 2. The highest BCUT2D eigenvalue weighted by atomic mass is 32.2. The van der Waals surface area contributed by atoms with Crippen LogP contribution >= 0.6 is 0 Å². The minimum atomic E-state index is -4.17. The Morgan fingerprint density at radius 3 is 2.40 bits per heavy atom. The average molecular weight is 502 g/mol. The summed E-state index contributed by atoms with van der Waals surface area (Å²) < 4.78 is 58.5. The van der Waals surface area contributed by atoms with Gasteiger partial charge in [0.05, 0.1) is 24.9 Å². The number of nitrogens with zero attached hydrogens (tertiary/aromatic N) is 1. The van der Waals surface area contributed by atoms with Crippen LogP contribution < -0.4 is 9.04 Å². The number of methoxy groups -OCH3 is 1. The van der Waals surface area contributed by atoms with Crippen LogP contribution in [0.2, 0.25) is 0 Å². The van der Waals surface area contributed by atoms with Crippen molar-refractivity contribution in [3.63, 3.8) is 0 Å². The molecule has 1 aromatic heterocycles. The second-order valence-electron chi connectivity index (χ2n) is 8.60. The summed E-state index contributed by atoms with van der Waals surface area (Å²) in [5, 5.41) is -0.250. The number of furan rings is 1. The lowest BCUT2D eigenvalue weighted by Crippen LogP contribution is -2.35. The lowest BCUT2D eigenvalue weighted by Gasteiger charge is -2.27. The van der Waals surface area contributed by atoms with Gasteiger partial charge in [-0.05, 0) is 86.2 Å². The van der Waals surface area contributed by atoms with Crippen molar-refractivity contribution in [1.82, 2.24) is 0 Å². The van der Waals surface area contributed by atoms with Crippen molar-refractivity contribution in [3.8, 4) is 5.75 Å². The number of halogens is 1. The molecule has 0 aliphatic heterocycles. The van der Waals surface area contributed by atoms with Gasteiger partial charge < -0.3 is 13.9 Å². The Bertz CT molecular complexity index is 1310. The molecule has 2 aromatic carbocycles. The molecule has 9 heteroatoms. The summed E-state index contributed by atoms with van der Waals surface area (Å²) in [6, 6.07) is 13.3. The summed E-state index contributed by atoms with van der Waals surface area (Å²) in [6.45, 7) is 2.71. The number of esters is 1. The molecular formula is C26H28FNO6S. The van der Waals surface area contributed by atoms with Crippen molar-refractivity contribution in [1.29, 1.82) is 0 Å².